The van der Waals surface area contributed by atoms with Crippen LogP contribution in [0.25, 0.3) is 0 Å². The maximum atomic E-state index is 12.7. The lowest BCUT2D eigenvalue weighted by Crippen LogP contribution is -3.15. The predicted octanol–water partition coefficient (Wildman–Crippen LogP) is -4.61. The van der Waals surface area contributed by atoms with Crippen LogP contribution in [0.15, 0.2) is 24.3 Å². The van der Waals surface area contributed by atoms with Crippen LogP contribution in [0.5, 0.6) is 0 Å². The first-order valence-electron chi connectivity index (χ1n) is 8.24. The third-order valence-corrected chi connectivity index (χ3v) is 4.82. The molecular formula is C17H22ClN3O4. The maximum absolute atomic E-state index is 12.7. The third kappa shape index (κ3) is 3.53. The number of carbonyl (C=O) groups is 3. The molecule has 0 aromatic heterocycles. The number of hydrogen-bond donors (Lipinski definition) is 2. The summed E-state index contributed by atoms with van der Waals surface area (Å²) in [7, 11) is 0. The second kappa shape index (κ2) is 7.95. The van der Waals surface area contributed by atoms with E-state index in [1.54, 1.807) is 36.1 Å². The van der Waals surface area contributed by atoms with Gasteiger partial charge in [-0.2, -0.15) is 0 Å². The standard InChI is InChI=1S/C17H21N3O4.ClH/c1-12(15(22)19-8-6-18(7-9-19)10-11-21)20-16(23)13-4-2-3-5-14(13)17(20)24;/h2-5,12,21H,6-11H2,1H3;1H. The molecule has 0 spiro atoms. The second-order valence-electron chi connectivity index (χ2n) is 6.25. The summed E-state index contributed by atoms with van der Waals surface area (Å²) in [6.45, 7) is 5.09. The summed E-state index contributed by atoms with van der Waals surface area (Å²) in [5.74, 6) is -1.01. The molecule has 0 bridgehead atoms. The Morgan fingerprint density at radius 1 is 1.16 bits per heavy atom. The van der Waals surface area contributed by atoms with Gasteiger partial charge in [-0.25, -0.2) is 0 Å². The van der Waals surface area contributed by atoms with Gasteiger partial charge in [0.1, 0.15) is 12.6 Å². The van der Waals surface area contributed by atoms with Crippen molar-refractivity contribution in [2.75, 3.05) is 39.3 Å². The Morgan fingerprint density at radius 3 is 2.16 bits per heavy atom. The van der Waals surface area contributed by atoms with Crippen molar-refractivity contribution in [1.82, 2.24) is 9.80 Å². The normalized spacial score (nSPS) is 18.8. The minimum Gasteiger partial charge on any atom is -1.00 e. The first-order valence-corrected chi connectivity index (χ1v) is 8.24. The zero-order valence-electron chi connectivity index (χ0n) is 14.1. The lowest BCUT2D eigenvalue weighted by Gasteiger charge is -2.34. The number of fused-ring (bicyclic) bond motifs is 1. The first-order chi connectivity index (χ1) is 11.5. The minimum absolute atomic E-state index is 0. The Balaban J connectivity index is 0.00000225. The molecule has 0 saturated carbocycles. The van der Waals surface area contributed by atoms with Crippen molar-refractivity contribution in [2.24, 2.45) is 0 Å². The fraction of sp³-hybridized carbons (Fsp3) is 0.471. The summed E-state index contributed by atoms with van der Waals surface area (Å²) in [5, 5.41) is 8.99. The number of nitrogens with zero attached hydrogens (tertiary/aromatic N) is 2. The van der Waals surface area contributed by atoms with Crippen LogP contribution in [0.2, 0.25) is 0 Å². The van der Waals surface area contributed by atoms with Crippen molar-refractivity contribution in [3.8, 4) is 0 Å². The van der Waals surface area contributed by atoms with Crippen molar-refractivity contribution >= 4 is 17.7 Å². The molecule has 8 heteroatoms. The number of hydrogen-bond acceptors (Lipinski definition) is 4. The van der Waals surface area contributed by atoms with Gasteiger partial charge >= 0.3 is 0 Å². The number of carbonyl (C=O) groups excluding carboxylic acids is 3. The van der Waals surface area contributed by atoms with E-state index >= 15 is 0 Å². The van der Waals surface area contributed by atoms with Gasteiger partial charge in [0.25, 0.3) is 11.8 Å². The van der Waals surface area contributed by atoms with E-state index in [9.17, 15) is 14.4 Å². The quantitative estimate of drug-likeness (QED) is 0.525. The zero-order valence-corrected chi connectivity index (χ0v) is 14.8. The van der Waals surface area contributed by atoms with E-state index in [4.69, 9.17) is 5.11 Å². The molecular weight excluding hydrogens is 346 g/mol. The molecule has 3 rings (SSSR count). The van der Waals surface area contributed by atoms with Gasteiger partial charge in [-0.1, -0.05) is 12.1 Å². The average Bonchev–Trinajstić information content (AvgIpc) is 2.86. The van der Waals surface area contributed by atoms with Crippen LogP contribution >= 0.6 is 0 Å². The molecule has 2 aliphatic rings. The van der Waals surface area contributed by atoms with Gasteiger partial charge in [-0.05, 0) is 19.1 Å². The van der Waals surface area contributed by atoms with Crippen molar-refractivity contribution in [3.63, 3.8) is 0 Å². The first kappa shape index (κ1) is 19.4. The van der Waals surface area contributed by atoms with Crippen molar-refractivity contribution in [1.29, 1.82) is 0 Å². The van der Waals surface area contributed by atoms with E-state index in [0.29, 0.717) is 30.8 Å². The Morgan fingerprint density at radius 2 is 1.68 bits per heavy atom. The van der Waals surface area contributed by atoms with Gasteiger partial charge in [-0.3, -0.25) is 19.3 Å². The second-order valence-corrected chi connectivity index (χ2v) is 6.25. The van der Waals surface area contributed by atoms with Crippen molar-refractivity contribution < 1.29 is 36.8 Å². The summed E-state index contributed by atoms with van der Waals surface area (Å²) in [6.07, 6.45) is 0. The molecule has 2 N–H and O–H groups in total. The highest BCUT2D eigenvalue weighted by Gasteiger charge is 2.42. The number of amides is 3. The van der Waals surface area contributed by atoms with Gasteiger partial charge in [0.05, 0.1) is 43.9 Å². The highest BCUT2D eigenvalue weighted by Crippen LogP contribution is 2.25. The van der Waals surface area contributed by atoms with Crippen LogP contribution in [0.3, 0.4) is 0 Å². The molecule has 136 valence electrons. The number of aliphatic hydroxyl groups excluding tert-OH is 1. The van der Waals surface area contributed by atoms with E-state index in [1.165, 1.54) is 4.90 Å². The number of quaternary nitrogens is 1. The fourth-order valence-corrected chi connectivity index (χ4v) is 3.39. The zero-order chi connectivity index (χ0) is 17.3. The molecule has 25 heavy (non-hydrogen) atoms. The summed E-state index contributed by atoms with van der Waals surface area (Å²) in [4.78, 5) is 41.7. The molecule has 1 unspecified atom stereocenters. The number of halogens is 1. The summed E-state index contributed by atoms with van der Waals surface area (Å²) < 4.78 is 0. The van der Waals surface area contributed by atoms with Crippen molar-refractivity contribution in [2.45, 2.75) is 13.0 Å². The highest BCUT2D eigenvalue weighted by atomic mass is 35.5. The number of piperazine rings is 1. The summed E-state index contributed by atoms with van der Waals surface area (Å²) in [6, 6.07) is 5.84. The smallest absolute Gasteiger partial charge is 0.262 e. The molecule has 1 aromatic carbocycles. The molecule has 1 aromatic rings. The molecule has 1 saturated heterocycles. The van der Waals surface area contributed by atoms with Crippen molar-refractivity contribution in [3.05, 3.63) is 35.4 Å². The number of aliphatic hydroxyl groups is 1. The number of nitrogens with one attached hydrogen (secondary N) is 1. The highest BCUT2D eigenvalue weighted by molar-refractivity contribution is 6.22. The van der Waals surface area contributed by atoms with Gasteiger partial charge in [0, 0.05) is 0 Å². The Bertz CT molecular complexity index is 639. The molecule has 2 heterocycles. The van der Waals surface area contributed by atoms with E-state index in [-0.39, 0.29) is 24.9 Å². The summed E-state index contributed by atoms with van der Waals surface area (Å²) >= 11 is 0. The van der Waals surface area contributed by atoms with Gasteiger partial charge in [0.15, 0.2) is 0 Å². The minimum atomic E-state index is -0.809. The van der Waals surface area contributed by atoms with Crippen LogP contribution < -0.4 is 17.3 Å². The SMILES string of the molecule is CC(C(=O)N1CC[NH+](CCO)CC1)N1C(=O)c2ccccc2C1=O.[Cl-]. The van der Waals surface area contributed by atoms with Gasteiger partial charge in [-0.15, -0.1) is 0 Å². The van der Waals surface area contributed by atoms with Crippen LogP contribution in [0, 0.1) is 0 Å². The van der Waals surface area contributed by atoms with E-state index in [0.717, 1.165) is 18.0 Å². The van der Waals surface area contributed by atoms with E-state index in [2.05, 4.69) is 0 Å². The van der Waals surface area contributed by atoms with Crippen LogP contribution in [-0.2, 0) is 4.79 Å². The molecule has 3 amide bonds. The molecule has 0 aliphatic carbocycles. The van der Waals surface area contributed by atoms with E-state index < -0.39 is 17.9 Å². The maximum Gasteiger partial charge on any atom is 0.262 e. The van der Waals surface area contributed by atoms with Crippen LogP contribution in [0.4, 0.5) is 0 Å². The molecule has 2 aliphatic heterocycles. The monoisotopic (exact) mass is 367 g/mol. The molecule has 1 atom stereocenters. The third-order valence-electron chi connectivity index (χ3n) is 4.82. The largest absolute Gasteiger partial charge is 1.00 e. The summed E-state index contributed by atoms with van der Waals surface area (Å²) in [5.41, 5.74) is 0.721. The van der Waals surface area contributed by atoms with Crippen LogP contribution in [0.1, 0.15) is 27.6 Å². The average molecular weight is 368 g/mol. The predicted molar refractivity (Wildman–Crippen MR) is 85.6 cm³/mol. The Labute approximate surface area is 152 Å². The topological polar surface area (TPSA) is 82.4 Å². The Kier molecular flexibility index (Phi) is 6.16. The lowest BCUT2D eigenvalue weighted by molar-refractivity contribution is -0.904. The molecule has 0 radical (unpaired) electrons. The Hall–Kier alpha value is -1.96. The van der Waals surface area contributed by atoms with E-state index in [1.807, 2.05) is 0 Å². The number of imide groups is 1. The fourth-order valence-electron chi connectivity index (χ4n) is 3.39. The van der Waals surface area contributed by atoms with Crippen LogP contribution in [-0.4, -0.2) is 78.0 Å². The molecule has 1 fully saturated rings. The lowest BCUT2D eigenvalue weighted by atomic mass is 10.1. The number of rotatable bonds is 4. The number of benzene rings is 1. The molecule has 7 nitrogen and oxygen atoms in total. The van der Waals surface area contributed by atoms with Gasteiger partial charge in [0.2, 0.25) is 5.91 Å². The van der Waals surface area contributed by atoms with Gasteiger partial charge < -0.3 is 27.3 Å².